The standard InChI is InChI=1S/C25H28ClN7O6S/c1-4-39-19-10-5-7-15(28-19)24-31-23-25(33(24)21-17(37-2)8-6-9-18(21)38-3)29-20(22(26)30-23)16-13-14(34)11-12-32(16)40(27,35)36/h5-10,14,16,34H,4,11-13H2,1-3H3,(H2,27,35,36). The van der Waals surface area contributed by atoms with Crippen molar-refractivity contribution < 1.29 is 27.7 Å². The summed E-state index contributed by atoms with van der Waals surface area (Å²) in [5.41, 5.74) is 1.42. The molecule has 1 aromatic carbocycles. The maximum absolute atomic E-state index is 12.4. The Morgan fingerprint density at radius 3 is 2.42 bits per heavy atom. The number of rotatable bonds is 8. The van der Waals surface area contributed by atoms with E-state index < -0.39 is 22.4 Å². The van der Waals surface area contributed by atoms with E-state index in [4.69, 9.17) is 40.9 Å². The third-order valence-corrected chi connectivity index (χ3v) is 7.88. The van der Waals surface area contributed by atoms with Crippen molar-refractivity contribution in [3.8, 4) is 34.6 Å². The van der Waals surface area contributed by atoms with Crippen molar-refractivity contribution in [2.75, 3.05) is 27.4 Å². The zero-order valence-corrected chi connectivity index (χ0v) is 23.6. The Bertz CT molecular complexity index is 1640. The average Bonchev–Trinajstić information content (AvgIpc) is 3.29. The molecular formula is C25H28ClN7O6S. The molecule has 1 aliphatic heterocycles. The number of aliphatic hydroxyl groups is 1. The molecule has 0 bridgehead atoms. The molecule has 2 atom stereocenters. The summed E-state index contributed by atoms with van der Waals surface area (Å²) in [6.45, 7) is 2.27. The Hall–Kier alpha value is -3.56. The van der Waals surface area contributed by atoms with Gasteiger partial charge in [0.25, 0.3) is 10.2 Å². The van der Waals surface area contributed by atoms with Crippen LogP contribution in [0.25, 0.3) is 28.5 Å². The molecule has 4 heterocycles. The molecule has 1 fully saturated rings. The summed E-state index contributed by atoms with van der Waals surface area (Å²) in [5.74, 6) is 1.61. The van der Waals surface area contributed by atoms with Crippen LogP contribution in [0.3, 0.4) is 0 Å². The number of aromatic nitrogens is 5. The lowest BCUT2D eigenvalue weighted by Gasteiger charge is -2.35. The molecule has 4 aromatic rings. The number of nitrogens with zero attached hydrogens (tertiary/aromatic N) is 6. The summed E-state index contributed by atoms with van der Waals surface area (Å²) >= 11 is 6.59. The summed E-state index contributed by atoms with van der Waals surface area (Å²) in [6, 6.07) is 9.59. The highest BCUT2D eigenvalue weighted by Crippen LogP contribution is 2.40. The lowest BCUT2D eigenvalue weighted by Crippen LogP contribution is -2.46. The van der Waals surface area contributed by atoms with Crippen LogP contribution in [0.4, 0.5) is 0 Å². The average molecular weight is 590 g/mol. The maximum atomic E-state index is 12.4. The van der Waals surface area contributed by atoms with Gasteiger partial charge in [-0.1, -0.05) is 23.7 Å². The third-order valence-electron chi connectivity index (χ3n) is 6.52. The molecule has 40 heavy (non-hydrogen) atoms. The molecule has 13 nitrogen and oxygen atoms in total. The number of halogens is 1. The lowest BCUT2D eigenvalue weighted by molar-refractivity contribution is 0.0795. The Morgan fingerprint density at radius 2 is 1.77 bits per heavy atom. The molecule has 0 aliphatic carbocycles. The maximum Gasteiger partial charge on any atom is 0.277 e. The zero-order valence-electron chi connectivity index (χ0n) is 22.0. The van der Waals surface area contributed by atoms with Crippen LogP contribution in [-0.4, -0.2) is 75.8 Å². The second kappa shape index (κ2) is 11.1. The SMILES string of the molecule is CCOc1cccc(-c2nc3nc(Cl)c(C4CC(O)CCN4S(N)(=O)=O)nc3n2-c2c(OC)cccc2OC)n1. The van der Waals surface area contributed by atoms with E-state index in [-0.39, 0.29) is 41.5 Å². The number of piperidine rings is 1. The van der Waals surface area contributed by atoms with E-state index in [1.807, 2.05) is 6.92 Å². The van der Waals surface area contributed by atoms with E-state index in [1.54, 1.807) is 41.0 Å². The van der Waals surface area contributed by atoms with Crippen molar-refractivity contribution in [2.24, 2.45) is 5.14 Å². The van der Waals surface area contributed by atoms with E-state index in [9.17, 15) is 13.5 Å². The second-order valence-electron chi connectivity index (χ2n) is 8.97. The smallest absolute Gasteiger partial charge is 0.277 e. The number of hydrogen-bond donors (Lipinski definition) is 2. The molecule has 0 radical (unpaired) electrons. The highest BCUT2D eigenvalue weighted by Gasteiger charge is 2.38. The minimum atomic E-state index is -4.14. The van der Waals surface area contributed by atoms with E-state index in [1.165, 1.54) is 14.2 Å². The number of nitrogens with two attached hydrogens (primary N) is 1. The highest BCUT2D eigenvalue weighted by atomic mass is 35.5. The van der Waals surface area contributed by atoms with Gasteiger partial charge in [-0.3, -0.25) is 4.57 Å². The van der Waals surface area contributed by atoms with E-state index in [2.05, 4.69) is 9.97 Å². The lowest BCUT2D eigenvalue weighted by atomic mass is 9.99. The van der Waals surface area contributed by atoms with Crippen LogP contribution >= 0.6 is 11.6 Å². The van der Waals surface area contributed by atoms with Gasteiger partial charge in [-0.2, -0.15) is 12.7 Å². The van der Waals surface area contributed by atoms with Crippen molar-refractivity contribution in [2.45, 2.75) is 31.9 Å². The van der Waals surface area contributed by atoms with E-state index in [0.717, 1.165) is 4.31 Å². The Balaban J connectivity index is 1.83. The van der Waals surface area contributed by atoms with Crippen molar-refractivity contribution in [1.29, 1.82) is 0 Å². The number of fused-ring (bicyclic) bond motifs is 1. The predicted octanol–water partition coefficient (Wildman–Crippen LogP) is 2.65. The number of benzene rings is 1. The summed E-state index contributed by atoms with van der Waals surface area (Å²) in [4.78, 5) is 18.6. The molecule has 5 rings (SSSR count). The van der Waals surface area contributed by atoms with Crippen LogP contribution in [0, 0.1) is 0 Å². The summed E-state index contributed by atoms with van der Waals surface area (Å²) < 4.78 is 44.6. The Kier molecular flexibility index (Phi) is 7.79. The fraction of sp³-hybridized carbons (Fsp3) is 0.360. The van der Waals surface area contributed by atoms with Crippen molar-refractivity contribution >= 4 is 33.1 Å². The molecule has 1 saturated heterocycles. The first kappa shape index (κ1) is 28.0. The Morgan fingerprint density at radius 1 is 1.07 bits per heavy atom. The number of methoxy groups -OCH3 is 2. The molecular weight excluding hydrogens is 562 g/mol. The van der Waals surface area contributed by atoms with Gasteiger partial charge in [-0.05, 0) is 38.0 Å². The molecule has 15 heteroatoms. The number of hydrogen-bond acceptors (Lipinski definition) is 10. The van der Waals surface area contributed by atoms with Crippen LogP contribution in [0.2, 0.25) is 5.15 Å². The van der Waals surface area contributed by atoms with Crippen LogP contribution in [0.1, 0.15) is 31.5 Å². The van der Waals surface area contributed by atoms with Crippen LogP contribution in [0.5, 0.6) is 17.4 Å². The van der Waals surface area contributed by atoms with Gasteiger partial charge in [-0.25, -0.2) is 25.1 Å². The number of aliphatic hydroxyl groups excluding tert-OH is 1. The van der Waals surface area contributed by atoms with Gasteiger partial charge in [-0.15, -0.1) is 0 Å². The number of pyridine rings is 1. The van der Waals surface area contributed by atoms with Gasteiger partial charge in [0, 0.05) is 12.6 Å². The molecule has 0 amide bonds. The zero-order chi connectivity index (χ0) is 28.6. The molecule has 1 aliphatic rings. The van der Waals surface area contributed by atoms with E-state index >= 15 is 0 Å². The quantitative estimate of drug-likeness (QED) is 0.312. The number of ether oxygens (including phenoxy) is 3. The summed E-state index contributed by atoms with van der Waals surface area (Å²) in [6.07, 6.45) is -0.521. The first-order valence-electron chi connectivity index (χ1n) is 12.4. The minimum absolute atomic E-state index is 0.000301. The minimum Gasteiger partial charge on any atom is -0.494 e. The predicted molar refractivity (Wildman–Crippen MR) is 147 cm³/mol. The topological polar surface area (TPSA) is 168 Å². The summed E-state index contributed by atoms with van der Waals surface area (Å²) in [7, 11) is -1.10. The van der Waals surface area contributed by atoms with Crippen LogP contribution < -0.4 is 19.3 Å². The first-order valence-corrected chi connectivity index (χ1v) is 14.3. The number of imidazole rings is 1. The number of para-hydroxylation sites is 1. The van der Waals surface area contributed by atoms with E-state index in [0.29, 0.717) is 41.2 Å². The fourth-order valence-corrected chi connectivity index (χ4v) is 5.93. The Labute approximate surface area is 235 Å². The largest absolute Gasteiger partial charge is 0.494 e. The molecule has 3 N–H and O–H groups in total. The summed E-state index contributed by atoms with van der Waals surface area (Å²) in [5, 5.41) is 15.8. The fourth-order valence-electron chi connectivity index (χ4n) is 4.78. The van der Waals surface area contributed by atoms with Crippen LogP contribution in [0.15, 0.2) is 36.4 Å². The molecule has 212 valence electrons. The van der Waals surface area contributed by atoms with Crippen molar-refractivity contribution in [1.82, 2.24) is 28.8 Å². The van der Waals surface area contributed by atoms with Gasteiger partial charge in [0.15, 0.2) is 22.3 Å². The van der Waals surface area contributed by atoms with Gasteiger partial charge in [0.05, 0.1) is 38.7 Å². The molecule has 2 unspecified atom stereocenters. The van der Waals surface area contributed by atoms with Gasteiger partial charge in [0.2, 0.25) is 5.88 Å². The second-order valence-corrected chi connectivity index (χ2v) is 10.8. The first-order chi connectivity index (χ1) is 19.2. The molecule has 3 aromatic heterocycles. The molecule has 0 saturated carbocycles. The third kappa shape index (κ3) is 5.15. The monoisotopic (exact) mass is 589 g/mol. The normalized spacial score (nSPS) is 18.1. The van der Waals surface area contributed by atoms with Gasteiger partial charge >= 0.3 is 0 Å². The highest BCUT2D eigenvalue weighted by molar-refractivity contribution is 7.86. The van der Waals surface area contributed by atoms with Gasteiger partial charge in [0.1, 0.15) is 22.9 Å². The van der Waals surface area contributed by atoms with Gasteiger partial charge < -0.3 is 19.3 Å². The molecule has 0 spiro atoms. The van der Waals surface area contributed by atoms with Crippen LogP contribution in [-0.2, 0) is 10.2 Å². The van der Waals surface area contributed by atoms with Crippen molar-refractivity contribution in [3.05, 3.63) is 47.2 Å². The van der Waals surface area contributed by atoms with Crippen molar-refractivity contribution in [3.63, 3.8) is 0 Å².